The van der Waals surface area contributed by atoms with Crippen molar-refractivity contribution in [3.05, 3.63) is 10.4 Å². The van der Waals surface area contributed by atoms with E-state index in [2.05, 4.69) is 20.3 Å². The van der Waals surface area contributed by atoms with E-state index in [1.165, 1.54) is 0 Å². The fraction of sp³-hybridized carbons (Fsp3) is 0.444. The predicted molar refractivity (Wildman–Crippen MR) is 64.0 cm³/mol. The Labute approximate surface area is 101 Å². The summed E-state index contributed by atoms with van der Waals surface area (Å²) < 4.78 is 0. The molecule has 9 heteroatoms. The number of aliphatic hydroxyl groups is 3. The highest BCUT2D eigenvalue weighted by Crippen LogP contribution is 2.22. The number of anilines is 2. The summed E-state index contributed by atoms with van der Waals surface area (Å²) in [6, 6.07) is 0. The van der Waals surface area contributed by atoms with Gasteiger partial charge in [0.1, 0.15) is 12.2 Å². The molecule has 0 radical (unpaired) electrons. The number of hydrogen-bond donors (Lipinski definition) is 6. The zero-order chi connectivity index (χ0) is 13.3. The Kier molecular flexibility index (Phi) is 3.28. The van der Waals surface area contributed by atoms with E-state index in [1.54, 1.807) is 0 Å². The second-order valence-electron chi connectivity index (χ2n) is 3.80. The standard InChI is InChI=1S/C9H13N5O4/c10-9-13-7-5(8(18)14-9)12-3(1-11-7)6(17)4(16)2-15/h4,6,15-17H,1-2H2,(H4,10,11,13,14,18)/t4-,6+/m0/s1. The number of rotatable bonds is 3. The molecule has 1 aromatic heterocycles. The summed E-state index contributed by atoms with van der Waals surface area (Å²) >= 11 is 0. The quantitative estimate of drug-likeness (QED) is 0.350. The molecule has 0 saturated carbocycles. The first-order valence-electron chi connectivity index (χ1n) is 5.21. The van der Waals surface area contributed by atoms with E-state index in [1.807, 2.05) is 0 Å². The van der Waals surface area contributed by atoms with Gasteiger partial charge in [-0.2, -0.15) is 4.98 Å². The average molecular weight is 255 g/mol. The van der Waals surface area contributed by atoms with Gasteiger partial charge >= 0.3 is 0 Å². The molecule has 0 saturated heterocycles. The van der Waals surface area contributed by atoms with Crippen molar-refractivity contribution in [3.63, 3.8) is 0 Å². The van der Waals surface area contributed by atoms with E-state index >= 15 is 0 Å². The topological polar surface area (TPSA) is 157 Å². The van der Waals surface area contributed by atoms with Gasteiger partial charge < -0.3 is 26.4 Å². The number of nitrogens with one attached hydrogen (secondary N) is 2. The highest BCUT2D eigenvalue weighted by atomic mass is 16.4. The lowest BCUT2D eigenvalue weighted by Gasteiger charge is -2.22. The van der Waals surface area contributed by atoms with E-state index in [0.717, 1.165) is 0 Å². The lowest BCUT2D eigenvalue weighted by Crippen LogP contribution is -2.41. The predicted octanol–water partition coefficient (Wildman–Crippen LogP) is -2.44. The Morgan fingerprint density at radius 2 is 2.17 bits per heavy atom. The third-order valence-electron chi connectivity index (χ3n) is 2.50. The molecule has 0 unspecified atom stereocenters. The summed E-state index contributed by atoms with van der Waals surface area (Å²) in [7, 11) is 0. The van der Waals surface area contributed by atoms with Gasteiger partial charge in [0.05, 0.1) is 18.9 Å². The van der Waals surface area contributed by atoms with Gasteiger partial charge in [0.25, 0.3) is 5.56 Å². The van der Waals surface area contributed by atoms with Crippen molar-refractivity contribution in [1.82, 2.24) is 9.97 Å². The van der Waals surface area contributed by atoms with Crippen LogP contribution in [0.4, 0.5) is 17.5 Å². The maximum atomic E-state index is 11.6. The van der Waals surface area contributed by atoms with Crippen molar-refractivity contribution in [2.75, 3.05) is 24.2 Å². The lowest BCUT2D eigenvalue weighted by molar-refractivity contribution is 0.0180. The monoisotopic (exact) mass is 255 g/mol. The molecular formula is C9H13N5O4. The second kappa shape index (κ2) is 4.72. The minimum atomic E-state index is -1.35. The van der Waals surface area contributed by atoms with Gasteiger partial charge in [-0.05, 0) is 0 Å². The lowest BCUT2D eigenvalue weighted by atomic mass is 10.1. The molecule has 9 nitrogen and oxygen atoms in total. The second-order valence-corrected chi connectivity index (χ2v) is 3.80. The third-order valence-corrected chi connectivity index (χ3v) is 2.50. The molecule has 0 aliphatic carbocycles. The first kappa shape index (κ1) is 12.5. The Bertz CT molecular complexity index is 540. The molecule has 0 fully saturated rings. The van der Waals surface area contributed by atoms with Crippen molar-refractivity contribution < 1.29 is 15.3 Å². The number of nitrogens with two attached hydrogens (primary N) is 1. The van der Waals surface area contributed by atoms with E-state index in [4.69, 9.17) is 10.8 Å². The van der Waals surface area contributed by atoms with E-state index in [0.29, 0.717) is 0 Å². The fourth-order valence-electron chi connectivity index (χ4n) is 1.56. The Hall–Kier alpha value is -1.97. The minimum Gasteiger partial charge on any atom is -0.394 e. The molecule has 0 spiro atoms. The van der Waals surface area contributed by atoms with Crippen LogP contribution in [0, 0.1) is 0 Å². The zero-order valence-corrected chi connectivity index (χ0v) is 9.29. The number of aromatic amines is 1. The summed E-state index contributed by atoms with van der Waals surface area (Å²) in [4.78, 5) is 21.6. The van der Waals surface area contributed by atoms with Crippen LogP contribution in [0.1, 0.15) is 0 Å². The number of aliphatic hydroxyl groups excluding tert-OH is 3. The van der Waals surface area contributed by atoms with Crippen LogP contribution < -0.4 is 16.6 Å². The van der Waals surface area contributed by atoms with Crippen molar-refractivity contribution in [3.8, 4) is 0 Å². The number of H-pyrrole nitrogens is 1. The first-order valence-corrected chi connectivity index (χ1v) is 5.21. The maximum absolute atomic E-state index is 11.6. The SMILES string of the molecule is Nc1nc2c(c(=O)[nH]1)N=C([C@@H](O)[C@@H](O)CO)CN2. The molecule has 1 aromatic rings. The number of nitrogens with zero attached hydrogens (tertiary/aromatic N) is 2. The molecule has 1 aliphatic heterocycles. The largest absolute Gasteiger partial charge is 0.394 e. The third kappa shape index (κ3) is 2.18. The van der Waals surface area contributed by atoms with Gasteiger partial charge in [-0.1, -0.05) is 0 Å². The molecule has 18 heavy (non-hydrogen) atoms. The number of hydrogen-bond acceptors (Lipinski definition) is 8. The molecule has 2 atom stereocenters. The molecule has 2 heterocycles. The summed E-state index contributed by atoms with van der Waals surface area (Å²) in [5.74, 6) is 0.173. The zero-order valence-electron chi connectivity index (χ0n) is 9.29. The highest BCUT2D eigenvalue weighted by molar-refractivity contribution is 5.97. The van der Waals surface area contributed by atoms with Crippen LogP contribution in [0.2, 0.25) is 0 Å². The summed E-state index contributed by atoms with van der Waals surface area (Å²) in [5, 5.41) is 30.5. The van der Waals surface area contributed by atoms with Crippen LogP contribution in [-0.4, -0.2) is 56.4 Å². The molecular weight excluding hydrogens is 242 g/mol. The molecule has 0 aromatic carbocycles. The maximum Gasteiger partial charge on any atom is 0.280 e. The van der Waals surface area contributed by atoms with Gasteiger partial charge in [-0.15, -0.1) is 0 Å². The number of aliphatic imine (C=N–C) groups is 1. The van der Waals surface area contributed by atoms with Gasteiger partial charge in [-0.3, -0.25) is 9.78 Å². The highest BCUT2D eigenvalue weighted by Gasteiger charge is 2.25. The van der Waals surface area contributed by atoms with Gasteiger partial charge in [0.2, 0.25) is 5.95 Å². The molecule has 0 amide bonds. The van der Waals surface area contributed by atoms with Crippen LogP contribution in [0.3, 0.4) is 0 Å². The molecule has 1 aliphatic rings. The fourth-order valence-corrected chi connectivity index (χ4v) is 1.56. The van der Waals surface area contributed by atoms with Crippen molar-refractivity contribution in [1.29, 1.82) is 0 Å². The van der Waals surface area contributed by atoms with Crippen molar-refractivity contribution >= 4 is 23.2 Å². The summed E-state index contributed by atoms with van der Waals surface area (Å²) in [6.07, 6.45) is -2.71. The van der Waals surface area contributed by atoms with Crippen molar-refractivity contribution in [2.45, 2.75) is 12.2 Å². The van der Waals surface area contributed by atoms with E-state index in [9.17, 15) is 15.0 Å². The Morgan fingerprint density at radius 1 is 1.44 bits per heavy atom. The summed E-state index contributed by atoms with van der Waals surface area (Å²) in [6.45, 7) is -0.509. The molecule has 7 N–H and O–H groups in total. The van der Waals surface area contributed by atoms with Gasteiger partial charge in [0.15, 0.2) is 11.5 Å². The van der Waals surface area contributed by atoms with Gasteiger partial charge in [0, 0.05) is 0 Å². The number of aromatic nitrogens is 2. The number of fused-ring (bicyclic) bond motifs is 1. The number of nitrogen functional groups attached to an aromatic ring is 1. The van der Waals surface area contributed by atoms with Crippen LogP contribution in [0.15, 0.2) is 9.79 Å². The van der Waals surface area contributed by atoms with E-state index < -0.39 is 24.4 Å². The van der Waals surface area contributed by atoms with Gasteiger partial charge in [-0.25, -0.2) is 4.99 Å². The van der Waals surface area contributed by atoms with Crippen LogP contribution in [-0.2, 0) is 0 Å². The van der Waals surface area contributed by atoms with Crippen molar-refractivity contribution in [2.24, 2.45) is 4.99 Å². The van der Waals surface area contributed by atoms with Crippen LogP contribution in [0.25, 0.3) is 0 Å². The minimum absolute atomic E-state index is 0.0189. The molecule has 98 valence electrons. The van der Waals surface area contributed by atoms with Crippen LogP contribution in [0.5, 0.6) is 0 Å². The Balaban J connectivity index is 2.39. The average Bonchev–Trinajstić information content (AvgIpc) is 2.36. The summed E-state index contributed by atoms with van der Waals surface area (Å²) in [5.41, 5.74) is 4.94. The normalized spacial score (nSPS) is 17.4. The molecule has 0 bridgehead atoms. The van der Waals surface area contributed by atoms with Crippen LogP contribution >= 0.6 is 0 Å². The van der Waals surface area contributed by atoms with E-state index in [-0.39, 0.29) is 29.7 Å². The smallest absolute Gasteiger partial charge is 0.280 e. The Morgan fingerprint density at radius 3 is 2.83 bits per heavy atom. The first-order chi connectivity index (χ1) is 8.52. The molecule has 2 rings (SSSR count).